The highest BCUT2D eigenvalue weighted by molar-refractivity contribution is 6.04. The number of para-hydroxylation sites is 1. The van der Waals surface area contributed by atoms with Gasteiger partial charge in [0, 0.05) is 13.6 Å². The van der Waals surface area contributed by atoms with Crippen molar-refractivity contribution in [1.29, 1.82) is 0 Å². The van der Waals surface area contributed by atoms with Gasteiger partial charge in [0.25, 0.3) is 5.91 Å². The summed E-state index contributed by atoms with van der Waals surface area (Å²) in [5.41, 5.74) is 2.32. The van der Waals surface area contributed by atoms with Crippen LogP contribution in [0, 0.1) is 0 Å². The van der Waals surface area contributed by atoms with Crippen molar-refractivity contribution in [2.75, 3.05) is 13.6 Å². The number of nitrogens with zero attached hydrogens (tertiary/aromatic N) is 2. The van der Waals surface area contributed by atoms with Crippen LogP contribution >= 0.6 is 0 Å². The van der Waals surface area contributed by atoms with Gasteiger partial charge in [0.05, 0.1) is 17.4 Å². The Balaban J connectivity index is 2.27. The summed E-state index contributed by atoms with van der Waals surface area (Å²) in [7, 11) is 1.84. The Labute approximate surface area is 101 Å². The van der Waals surface area contributed by atoms with Gasteiger partial charge in [-0.25, -0.2) is 4.98 Å². The maximum absolute atomic E-state index is 12.2. The number of aromatic nitrogens is 2. The number of unbranched alkanes of at least 4 members (excludes halogenated alkanes) is 1. The van der Waals surface area contributed by atoms with Crippen molar-refractivity contribution in [3.8, 4) is 0 Å². The van der Waals surface area contributed by atoms with Crippen molar-refractivity contribution in [2.45, 2.75) is 19.8 Å². The summed E-state index contributed by atoms with van der Waals surface area (Å²) >= 11 is 0. The lowest BCUT2D eigenvalue weighted by Gasteiger charge is -2.16. The van der Waals surface area contributed by atoms with Crippen LogP contribution in [0.15, 0.2) is 24.5 Å². The monoisotopic (exact) mass is 231 g/mol. The lowest BCUT2D eigenvalue weighted by Crippen LogP contribution is -2.27. The fraction of sp³-hybridized carbons (Fsp3) is 0.385. The highest BCUT2D eigenvalue weighted by atomic mass is 16.2. The molecule has 0 saturated carbocycles. The van der Waals surface area contributed by atoms with Gasteiger partial charge in [0.15, 0.2) is 0 Å². The van der Waals surface area contributed by atoms with Gasteiger partial charge >= 0.3 is 0 Å². The fourth-order valence-corrected chi connectivity index (χ4v) is 1.84. The van der Waals surface area contributed by atoms with Gasteiger partial charge in [-0.2, -0.15) is 0 Å². The quantitative estimate of drug-likeness (QED) is 0.878. The number of H-pyrrole nitrogens is 1. The summed E-state index contributed by atoms with van der Waals surface area (Å²) in [6.07, 6.45) is 3.73. The van der Waals surface area contributed by atoms with Crippen molar-refractivity contribution in [3.05, 3.63) is 30.1 Å². The average Bonchev–Trinajstić information content (AvgIpc) is 2.82. The Morgan fingerprint density at radius 1 is 1.47 bits per heavy atom. The predicted octanol–water partition coefficient (Wildman–Crippen LogP) is 2.43. The van der Waals surface area contributed by atoms with Crippen LogP contribution in [-0.4, -0.2) is 34.4 Å². The van der Waals surface area contributed by atoms with E-state index in [9.17, 15) is 4.79 Å². The van der Waals surface area contributed by atoms with Crippen LogP contribution in [0.3, 0.4) is 0 Å². The van der Waals surface area contributed by atoms with Crippen LogP contribution in [0.4, 0.5) is 0 Å². The highest BCUT2D eigenvalue weighted by Crippen LogP contribution is 2.16. The molecule has 4 nitrogen and oxygen atoms in total. The van der Waals surface area contributed by atoms with E-state index in [0.717, 1.165) is 30.4 Å². The van der Waals surface area contributed by atoms with Crippen LogP contribution in [0.5, 0.6) is 0 Å². The van der Waals surface area contributed by atoms with Gasteiger partial charge in [0.1, 0.15) is 5.52 Å². The lowest BCUT2D eigenvalue weighted by molar-refractivity contribution is 0.0795. The topological polar surface area (TPSA) is 49.0 Å². The molecule has 0 aliphatic carbocycles. The molecule has 0 aliphatic rings. The zero-order valence-electron chi connectivity index (χ0n) is 10.2. The number of hydrogen-bond donors (Lipinski definition) is 1. The maximum atomic E-state index is 12.2. The first kappa shape index (κ1) is 11.6. The minimum atomic E-state index is 0.0381. The minimum Gasteiger partial charge on any atom is -0.345 e. The molecule has 0 unspecified atom stereocenters. The first-order valence-corrected chi connectivity index (χ1v) is 5.91. The molecule has 1 N–H and O–H groups in total. The van der Waals surface area contributed by atoms with Crippen molar-refractivity contribution >= 4 is 16.9 Å². The van der Waals surface area contributed by atoms with Crippen LogP contribution < -0.4 is 0 Å². The van der Waals surface area contributed by atoms with Gasteiger partial charge in [-0.1, -0.05) is 19.4 Å². The third-order valence-corrected chi connectivity index (χ3v) is 2.87. The average molecular weight is 231 g/mol. The molecule has 17 heavy (non-hydrogen) atoms. The molecule has 0 atom stereocenters. The van der Waals surface area contributed by atoms with Crippen LogP contribution in [0.1, 0.15) is 30.1 Å². The van der Waals surface area contributed by atoms with Crippen LogP contribution in [-0.2, 0) is 0 Å². The number of rotatable bonds is 4. The number of aromatic amines is 1. The number of fused-ring (bicyclic) bond motifs is 1. The summed E-state index contributed by atoms with van der Waals surface area (Å²) in [6.45, 7) is 2.91. The smallest absolute Gasteiger partial charge is 0.255 e. The van der Waals surface area contributed by atoms with Crippen molar-refractivity contribution < 1.29 is 4.79 Å². The first-order chi connectivity index (χ1) is 8.24. The zero-order valence-corrected chi connectivity index (χ0v) is 10.2. The Morgan fingerprint density at radius 2 is 2.29 bits per heavy atom. The summed E-state index contributed by atoms with van der Waals surface area (Å²) in [5.74, 6) is 0.0381. The predicted molar refractivity (Wildman–Crippen MR) is 68.0 cm³/mol. The SMILES string of the molecule is CCCCN(C)C(=O)c1cccc2[nH]cnc12. The largest absolute Gasteiger partial charge is 0.345 e. The molecule has 0 bridgehead atoms. The number of benzene rings is 1. The minimum absolute atomic E-state index is 0.0381. The number of carbonyl (C=O) groups excluding carboxylic acids is 1. The van der Waals surface area contributed by atoms with Crippen molar-refractivity contribution in [2.24, 2.45) is 0 Å². The summed E-state index contributed by atoms with van der Waals surface area (Å²) < 4.78 is 0. The molecular weight excluding hydrogens is 214 g/mol. The summed E-state index contributed by atoms with van der Waals surface area (Å²) in [5, 5.41) is 0. The molecule has 90 valence electrons. The number of carbonyl (C=O) groups is 1. The second-order valence-electron chi connectivity index (χ2n) is 4.18. The molecule has 1 aromatic carbocycles. The molecular formula is C13H17N3O. The Morgan fingerprint density at radius 3 is 3.06 bits per heavy atom. The molecule has 0 saturated heterocycles. The molecule has 0 fully saturated rings. The van der Waals surface area contributed by atoms with Gasteiger partial charge in [-0.3, -0.25) is 4.79 Å². The van der Waals surface area contributed by atoms with Gasteiger partial charge in [-0.15, -0.1) is 0 Å². The van der Waals surface area contributed by atoms with E-state index >= 15 is 0 Å². The molecule has 0 radical (unpaired) electrons. The Hall–Kier alpha value is -1.84. The maximum Gasteiger partial charge on any atom is 0.255 e. The molecule has 4 heteroatoms. The Kier molecular flexibility index (Phi) is 3.42. The molecule has 2 aromatic rings. The van der Waals surface area contributed by atoms with Gasteiger partial charge in [-0.05, 0) is 18.6 Å². The Bertz CT molecular complexity index is 518. The van der Waals surface area contributed by atoms with E-state index in [4.69, 9.17) is 0 Å². The van der Waals surface area contributed by atoms with E-state index in [1.165, 1.54) is 0 Å². The number of nitrogens with one attached hydrogen (secondary N) is 1. The number of hydrogen-bond acceptors (Lipinski definition) is 2. The third-order valence-electron chi connectivity index (χ3n) is 2.87. The van der Waals surface area contributed by atoms with Gasteiger partial charge in [0.2, 0.25) is 0 Å². The molecule has 1 aromatic heterocycles. The highest BCUT2D eigenvalue weighted by Gasteiger charge is 2.15. The van der Waals surface area contributed by atoms with Crippen molar-refractivity contribution in [1.82, 2.24) is 14.9 Å². The van der Waals surface area contributed by atoms with E-state index < -0.39 is 0 Å². The fourth-order valence-electron chi connectivity index (χ4n) is 1.84. The summed E-state index contributed by atoms with van der Waals surface area (Å²) in [4.78, 5) is 21.2. The van der Waals surface area contributed by atoms with Crippen molar-refractivity contribution in [3.63, 3.8) is 0 Å². The second-order valence-corrected chi connectivity index (χ2v) is 4.18. The van der Waals surface area contributed by atoms with E-state index in [0.29, 0.717) is 5.56 Å². The zero-order chi connectivity index (χ0) is 12.3. The van der Waals surface area contributed by atoms with E-state index in [1.807, 2.05) is 25.2 Å². The summed E-state index contributed by atoms with van der Waals surface area (Å²) in [6, 6.07) is 5.63. The molecule has 1 heterocycles. The molecule has 0 aliphatic heterocycles. The molecule has 0 spiro atoms. The van der Waals surface area contributed by atoms with E-state index in [2.05, 4.69) is 16.9 Å². The van der Waals surface area contributed by atoms with Crippen LogP contribution in [0.2, 0.25) is 0 Å². The first-order valence-electron chi connectivity index (χ1n) is 5.91. The second kappa shape index (κ2) is 4.99. The van der Waals surface area contributed by atoms with Crippen LogP contribution in [0.25, 0.3) is 11.0 Å². The normalized spacial score (nSPS) is 10.7. The lowest BCUT2D eigenvalue weighted by atomic mass is 10.1. The standard InChI is InChI=1S/C13H17N3O/c1-3-4-8-16(2)13(17)10-6-5-7-11-12(10)15-9-14-11/h5-7,9H,3-4,8H2,1-2H3,(H,14,15). The molecule has 1 amide bonds. The van der Waals surface area contributed by atoms with E-state index in [-0.39, 0.29) is 5.91 Å². The third kappa shape index (κ3) is 2.30. The van der Waals surface area contributed by atoms with E-state index in [1.54, 1.807) is 11.2 Å². The number of imidazole rings is 1. The molecule has 2 rings (SSSR count). The van der Waals surface area contributed by atoms with Gasteiger partial charge < -0.3 is 9.88 Å². The number of amides is 1.